The van der Waals surface area contributed by atoms with E-state index in [9.17, 15) is 0 Å². The maximum Gasteiger partial charge on any atom is 0.174 e. The normalized spacial score (nSPS) is 10.6. The molecule has 0 bridgehead atoms. The first kappa shape index (κ1) is 14.3. The van der Waals surface area contributed by atoms with Crippen LogP contribution in [0.15, 0.2) is 28.6 Å². The van der Waals surface area contributed by atoms with E-state index in [4.69, 9.17) is 10.5 Å². The molecule has 0 fully saturated rings. The number of aryl methyl sites for hydroxylation is 1. The van der Waals surface area contributed by atoms with Crippen LogP contribution in [-0.2, 0) is 6.54 Å². The summed E-state index contributed by atoms with van der Waals surface area (Å²) in [5, 5.41) is 9.07. The van der Waals surface area contributed by atoms with Gasteiger partial charge in [0.2, 0.25) is 0 Å². The van der Waals surface area contributed by atoms with Crippen molar-refractivity contribution in [2.75, 3.05) is 12.4 Å². The van der Waals surface area contributed by atoms with Gasteiger partial charge >= 0.3 is 0 Å². The summed E-state index contributed by atoms with van der Waals surface area (Å²) in [6.45, 7) is 3.17. The number of para-hydroxylation sites is 1. The monoisotopic (exact) mass is 295 g/mol. The number of nitrogens with two attached hydrogens (primary N) is 1. The number of nitrogens with zero attached hydrogens (tertiary/aromatic N) is 2. The highest BCUT2D eigenvalue weighted by Crippen LogP contribution is 2.22. The van der Waals surface area contributed by atoms with E-state index in [2.05, 4.69) is 10.2 Å². The minimum absolute atomic E-state index is 0.509. The third kappa shape index (κ3) is 4.49. The van der Waals surface area contributed by atoms with Crippen molar-refractivity contribution in [1.29, 1.82) is 0 Å². The molecule has 102 valence electrons. The molecule has 0 atom stereocenters. The number of thioether (sulfide) groups is 1. The third-order valence-electron chi connectivity index (χ3n) is 2.47. The molecule has 2 rings (SSSR count). The molecule has 0 aliphatic heterocycles. The van der Waals surface area contributed by atoms with Crippen molar-refractivity contribution >= 4 is 23.1 Å². The topological polar surface area (TPSA) is 61.0 Å². The first-order valence-corrected chi connectivity index (χ1v) is 7.93. The molecule has 2 N–H and O–H groups in total. The molecule has 2 aromatic rings. The molecule has 1 aromatic carbocycles. The van der Waals surface area contributed by atoms with Gasteiger partial charge in [-0.1, -0.05) is 41.3 Å². The second kappa shape index (κ2) is 7.47. The SMILES string of the molecule is Cc1nnc(SCCCOc2ccccc2CN)s1. The Hall–Kier alpha value is -1.11. The smallest absolute Gasteiger partial charge is 0.174 e. The van der Waals surface area contributed by atoms with E-state index in [0.29, 0.717) is 13.2 Å². The number of hydrogen-bond donors (Lipinski definition) is 1. The zero-order valence-electron chi connectivity index (χ0n) is 10.8. The van der Waals surface area contributed by atoms with Crippen molar-refractivity contribution in [2.45, 2.75) is 24.2 Å². The molecular weight excluding hydrogens is 278 g/mol. The Morgan fingerprint density at radius 2 is 2.16 bits per heavy atom. The second-order valence-corrected chi connectivity index (χ2v) is 6.47. The lowest BCUT2D eigenvalue weighted by atomic mass is 10.2. The maximum absolute atomic E-state index is 5.75. The largest absolute Gasteiger partial charge is 0.493 e. The van der Waals surface area contributed by atoms with Gasteiger partial charge in [0.05, 0.1) is 6.61 Å². The Balaban J connectivity index is 1.69. The van der Waals surface area contributed by atoms with Gasteiger partial charge < -0.3 is 10.5 Å². The number of ether oxygens (including phenoxy) is 1. The Morgan fingerprint density at radius 1 is 1.32 bits per heavy atom. The minimum atomic E-state index is 0.509. The summed E-state index contributed by atoms with van der Waals surface area (Å²) in [4.78, 5) is 0. The molecule has 0 unspecified atom stereocenters. The third-order valence-corrected chi connectivity index (χ3v) is 4.53. The first-order valence-electron chi connectivity index (χ1n) is 6.13. The summed E-state index contributed by atoms with van der Waals surface area (Å²) in [5.74, 6) is 1.88. The van der Waals surface area contributed by atoms with Gasteiger partial charge in [0.15, 0.2) is 4.34 Å². The second-order valence-electron chi connectivity index (χ2n) is 3.95. The molecule has 0 aliphatic rings. The molecule has 1 aromatic heterocycles. The lowest BCUT2D eigenvalue weighted by Crippen LogP contribution is -2.04. The fraction of sp³-hybridized carbons (Fsp3) is 0.385. The molecule has 0 radical (unpaired) electrons. The van der Waals surface area contributed by atoms with Crippen LogP contribution in [0.4, 0.5) is 0 Å². The van der Waals surface area contributed by atoms with Crippen LogP contribution < -0.4 is 10.5 Å². The fourth-order valence-electron chi connectivity index (χ4n) is 1.55. The molecular formula is C13H17N3OS2. The van der Waals surface area contributed by atoms with Crippen LogP contribution >= 0.6 is 23.1 Å². The Bertz CT molecular complexity index is 516. The fourth-order valence-corrected chi connectivity index (χ4v) is 3.35. The van der Waals surface area contributed by atoms with E-state index in [0.717, 1.165) is 32.8 Å². The van der Waals surface area contributed by atoms with E-state index in [1.807, 2.05) is 31.2 Å². The van der Waals surface area contributed by atoms with Gasteiger partial charge in [0, 0.05) is 17.9 Å². The number of rotatable bonds is 7. The highest BCUT2D eigenvalue weighted by atomic mass is 32.2. The number of hydrogen-bond acceptors (Lipinski definition) is 6. The predicted molar refractivity (Wildman–Crippen MR) is 79.8 cm³/mol. The van der Waals surface area contributed by atoms with E-state index >= 15 is 0 Å². The zero-order chi connectivity index (χ0) is 13.5. The van der Waals surface area contributed by atoms with Gasteiger partial charge in [-0.05, 0) is 19.4 Å². The zero-order valence-corrected chi connectivity index (χ0v) is 12.5. The van der Waals surface area contributed by atoms with Crippen molar-refractivity contribution in [3.8, 4) is 5.75 Å². The maximum atomic E-state index is 5.75. The van der Waals surface area contributed by atoms with Crippen LogP contribution in [0.2, 0.25) is 0 Å². The lowest BCUT2D eigenvalue weighted by molar-refractivity contribution is 0.315. The van der Waals surface area contributed by atoms with Crippen molar-refractivity contribution in [1.82, 2.24) is 10.2 Å². The van der Waals surface area contributed by atoms with Crippen molar-refractivity contribution < 1.29 is 4.74 Å². The predicted octanol–water partition coefficient (Wildman–Crippen LogP) is 2.87. The standard InChI is InChI=1S/C13H17N3OS2/c1-10-15-16-13(19-10)18-8-4-7-17-12-6-3-2-5-11(12)9-14/h2-3,5-6H,4,7-9,14H2,1H3. The molecule has 1 heterocycles. The van der Waals surface area contributed by atoms with Gasteiger partial charge in [-0.15, -0.1) is 10.2 Å². The lowest BCUT2D eigenvalue weighted by Gasteiger charge is -2.09. The van der Waals surface area contributed by atoms with Crippen LogP contribution in [0.3, 0.4) is 0 Å². The van der Waals surface area contributed by atoms with E-state index in [-0.39, 0.29) is 0 Å². The summed E-state index contributed by atoms with van der Waals surface area (Å²) in [5.41, 5.74) is 6.71. The minimum Gasteiger partial charge on any atom is -0.493 e. The first-order chi connectivity index (χ1) is 9.29. The average Bonchev–Trinajstić information content (AvgIpc) is 2.84. The van der Waals surface area contributed by atoms with Gasteiger partial charge in [-0.2, -0.15) is 0 Å². The molecule has 0 saturated heterocycles. The summed E-state index contributed by atoms with van der Waals surface area (Å²) in [7, 11) is 0. The Labute approximate surface area is 121 Å². The van der Waals surface area contributed by atoms with Gasteiger partial charge in [0.1, 0.15) is 10.8 Å². The number of aromatic nitrogens is 2. The molecule has 0 saturated carbocycles. The molecule has 0 aliphatic carbocycles. The van der Waals surface area contributed by atoms with Crippen molar-refractivity contribution in [3.05, 3.63) is 34.8 Å². The Morgan fingerprint density at radius 3 is 2.89 bits per heavy atom. The average molecular weight is 295 g/mol. The van der Waals surface area contributed by atoms with Crippen LogP contribution in [0, 0.1) is 6.92 Å². The summed E-state index contributed by atoms with van der Waals surface area (Å²) in [6, 6.07) is 7.90. The number of benzene rings is 1. The van der Waals surface area contributed by atoms with E-state index in [1.165, 1.54) is 0 Å². The van der Waals surface area contributed by atoms with Gasteiger partial charge in [-0.25, -0.2) is 0 Å². The molecule has 0 spiro atoms. The molecule has 19 heavy (non-hydrogen) atoms. The molecule has 4 nitrogen and oxygen atoms in total. The Kier molecular flexibility index (Phi) is 5.62. The summed E-state index contributed by atoms with van der Waals surface area (Å²) >= 11 is 3.36. The summed E-state index contributed by atoms with van der Waals surface area (Å²) < 4.78 is 6.77. The van der Waals surface area contributed by atoms with E-state index in [1.54, 1.807) is 23.1 Å². The van der Waals surface area contributed by atoms with Crippen molar-refractivity contribution in [3.63, 3.8) is 0 Å². The quantitative estimate of drug-likeness (QED) is 0.628. The highest BCUT2D eigenvalue weighted by Gasteiger charge is 2.02. The summed E-state index contributed by atoms with van der Waals surface area (Å²) in [6.07, 6.45) is 0.974. The van der Waals surface area contributed by atoms with Crippen LogP contribution in [-0.4, -0.2) is 22.6 Å². The van der Waals surface area contributed by atoms with E-state index < -0.39 is 0 Å². The van der Waals surface area contributed by atoms with Crippen LogP contribution in [0.25, 0.3) is 0 Å². The molecule has 6 heteroatoms. The highest BCUT2D eigenvalue weighted by molar-refractivity contribution is 8.01. The van der Waals surface area contributed by atoms with Gasteiger partial charge in [-0.3, -0.25) is 0 Å². The van der Waals surface area contributed by atoms with Crippen LogP contribution in [0.1, 0.15) is 17.0 Å². The van der Waals surface area contributed by atoms with Gasteiger partial charge in [0.25, 0.3) is 0 Å². The van der Waals surface area contributed by atoms with Crippen molar-refractivity contribution in [2.24, 2.45) is 5.73 Å². The van der Waals surface area contributed by atoms with Crippen LogP contribution in [0.5, 0.6) is 5.75 Å². The molecule has 0 amide bonds.